The molecule has 20 heavy (non-hydrogen) atoms. The summed E-state index contributed by atoms with van der Waals surface area (Å²) in [5.74, 6) is 0.506. The Hall–Kier alpha value is -2.47. The zero-order chi connectivity index (χ0) is 13.5. The van der Waals surface area contributed by atoms with E-state index in [0.29, 0.717) is 10.6 Å². The molecule has 3 aromatic heterocycles. The van der Waals surface area contributed by atoms with Crippen molar-refractivity contribution in [3.05, 3.63) is 58.3 Å². The standard InChI is InChI=1S/C14H9N3O2S/c18-14-13-10(5-6-20-13)15-8-17(14)7-12-16-9-3-1-2-4-11(9)19-12/h1-6,8H,7H2. The molecule has 0 aliphatic heterocycles. The zero-order valence-corrected chi connectivity index (χ0v) is 11.1. The highest BCUT2D eigenvalue weighted by molar-refractivity contribution is 7.17. The van der Waals surface area contributed by atoms with Crippen molar-refractivity contribution < 1.29 is 4.42 Å². The van der Waals surface area contributed by atoms with E-state index in [2.05, 4.69) is 9.97 Å². The third kappa shape index (κ3) is 1.73. The summed E-state index contributed by atoms with van der Waals surface area (Å²) < 4.78 is 7.80. The number of benzene rings is 1. The zero-order valence-electron chi connectivity index (χ0n) is 10.3. The number of fused-ring (bicyclic) bond motifs is 2. The fourth-order valence-corrected chi connectivity index (χ4v) is 2.92. The smallest absolute Gasteiger partial charge is 0.271 e. The molecule has 0 saturated carbocycles. The molecule has 0 fully saturated rings. The van der Waals surface area contributed by atoms with E-state index in [1.807, 2.05) is 35.7 Å². The molecule has 0 spiro atoms. The Morgan fingerprint density at radius 1 is 1.20 bits per heavy atom. The number of thiophene rings is 1. The minimum absolute atomic E-state index is 0.0627. The van der Waals surface area contributed by atoms with Crippen molar-refractivity contribution in [3.8, 4) is 0 Å². The lowest BCUT2D eigenvalue weighted by atomic mass is 10.3. The maximum Gasteiger partial charge on any atom is 0.271 e. The quantitative estimate of drug-likeness (QED) is 0.567. The largest absolute Gasteiger partial charge is 0.439 e. The average molecular weight is 283 g/mol. The third-order valence-electron chi connectivity index (χ3n) is 3.08. The number of para-hydroxylation sites is 2. The molecule has 0 radical (unpaired) electrons. The van der Waals surface area contributed by atoms with E-state index in [-0.39, 0.29) is 12.1 Å². The van der Waals surface area contributed by atoms with Gasteiger partial charge in [0, 0.05) is 0 Å². The van der Waals surface area contributed by atoms with Gasteiger partial charge in [0.1, 0.15) is 16.8 Å². The second-order valence-electron chi connectivity index (χ2n) is 4.39. The monoisotopic (exact) mass is 283 g/mol. The summed E-state index contributed by atoms with van der Waals surface area (Å²) in [6.45, 7) is 0.286. The topological polar surface area (TPSA) is 60.9 Å². The fourth-order valence-electron chi connectivity index (χ4n) is 2.12. The van der Waals surface area contributed by atoms with Crippen molar-refractivity contribution in [3.63, 3.8) is 0 Å². The van der Waals surface area contributed by atoms with Crippen molar-refractivity contribution >= 4 is 32.7 Å². The molecule has 0 bridgehead atoms. The fraction of sp³-hybridized carbons (Fsp3) is 0.0714. The molecular weight excluding hydrogens is 274 g/mol. The molecule has 6 heteroatoms. The predicted molar refractivity (Wildman–Crippen MR) is 77.0 cm³/mol. The van der Waals surface area contributed by atoms with E-state index in [1.54, 1.807) is 0 Å². The van der Waals surface area contributed by atoms with E-state index >= 15 is 0 Å². The summed E-state index contributed by atoms with van der Waals surface area (Å²) in [4.78, 5) is 20.9. The summed E-state index contributed by atoms with van der Waals surface area (Å²) in [7, 11) is 0. The van der Waals surface area contributed by atoms with E-state index < -0.39 is 0 Å². The maximum atomic E-state index is 12.3. The molecule has 4 rings (SSSR count). The van der Waals surface area contributed by atoms with Crippen LogP contribution in [0, 0.1) is 0 Å². The van der Waals surface area contributed by atoms with Gasteiger partial charge in [-0.05, 0) is 23.6 Å². The van der Waals surface area contributed by atoms with Gasteiger partial charge in [0.2, 0.25) is 5.89 Å². The van der Waals surface area contributed by atoms with Crippen LogP contribution in [0.1, 0.15) is 5.89 Å². The van der Waals surface area contributed by atoms with Crippen molar-refractivity contribution in [2.24, 2.45) is 0 Å². The van der Waals surface area contributed by atoms with Gasteiger partial charge in [-0.15, -0.1) is 11.3 Å². The van der Waals surface area contributed by atoms with Crippen LogP contribution in [0.5, 0.6) is 0 Å². The van der Waals surface area contributed by atoms with Gasteiger partial charge in [-0.25, -0.2) is 9.97 Å². The lowest BCUT2D eigenvalue weighted by Gasteiger charge is -2.00. The van der Waals surface area contributed by atoms with Crippen molar-refractivity contribution in [2.45, 2.75) is 6.54 Å². The van der Waals surface area contributed by atoms with Crippen molar-refractivity contribution in [2.75, 3.05) is 0 Å². The van der Waals surface area contributed by atoms with E-state index in [9.17, 15) is 4.79 Å². The maximum absolute atomic E-state index is 12.3. The van der Waals surface area contributed by atoms with E-state index in [0.717, 1.165) is 16.6 Å². The van der Waals surface area contributed by atoms with Gasteiger partial charge in [-0.3, -0.25) is 9.36 Å². The molecule has 3 heterocycles. The Bertz CT molecular complexity index is 934. The second kappa shape index (κ2) is 4.28. The number of hydrogen-bond acceptors (Lipinski definition) is 5. The van der Waals surface area contributed by atoms with Crippen molar-refractivity contribution in [1.29, 1.82) is 0 Å². The van der Waals surface area contributed by atoms with Gasteiger partial charge in [0.25, 0.3) is 5.56 Å². The van der Waals surface area contributed by atoms with Crippen LogP contribution in [-0.2, 0) is 6.54 Å². The van der Waals surface area contributed by atoms with Crippen LogP contribution < -0.4 is 5.56 Å². The molecule has 0 unspecified atom stereocenters. The number of hydrogen-bond donors (Lipinski definition) is 0. The van der Waals surface area contributed by atoms with Gasteiger partial charge in [0.05, 0.1) is 11.8 Å². The molecule has 5 nitrogen and oxygen atoms in total. The van der Waals surface area contributed by atoms with Gasteiger partial charge >= 0.3 is 0 Å². The number of nitrogens with zero attached hydrogens (tertiary/aromatic N) is 3. The highest BCUT2D eigenvalue weighted by Crippen LogP contribution is 2.16. The Balaban J connectivity index is 1.80. The molecule has 1 aromatic carbocycles. The van der Waals surface area contributed by atoms with E-state index in [4.69, 9.17) is 4.42 Å². The van der Waals surface area contributed by atoms with Gasteiger partial charge in [0.15, 0.2) is 5.58 Å². The summed E-state index contributed by atoms with van der Waals surface area (Å²) in [5.41, 5.74) is 2.18. The highest BCUT2D eigenvalue weighted by Gasteiger charge is 2.09. The Morgan fingerprint density at radius 3 is 3.00 bits per heavy atom. The molecular formula is C14H9N3O2S. The molecule has 0 aliphatic carbocycles. The predicted octanol–water partition coefficient (Wildman–Crippen LogP) is 2.65. The minimum atomic E-state index is -0.0627. The number of oxazole rings is 1. The Kier molecular flexibility index (Phi) is 2.43. The van der Waals surface area contributed by atoms with Crippen molar-refractivity contribution in [1.82, 2.24) is 14.5 Å². The van der Waals surface area contributed by atoms with Crippen LogP contribution in [0.2, 0.25) is 0 Å². The average Bonchev–Trinajstić information content (AvgIpc) is 3.08. The van der Waals surface area contributed by atoms with Crippen LogP contribution in [0.25, 0.3) is 21.3 Å². The van der Waals surface area contributed by atoms with Crippen LogP contribution >= 0.6 is 11.3 Å². The minimum Gasteiger partial charge on any atom is -0.439 e. The first-order valence-corrected chi connectivity index (χ1v) is 6.96. The van der Waals surface area contributed by atoms with Gasteiger partial charge in [-0.2, -0.15) is 0 Å². The van der Waals surface area contributed by atoms with Crippen LogP contribution in [0.15, 0.2) is 51.3 Å². The SMILES string of the molecule is O=c1c2sccc2ncn1Cc1nc2ccccc2o1. The first kappa shape index (κ1) is 11.4. The van der Waals surface area contributed by atoms with Gasteiger partial charge < -0.3 is 4.42 Å². The Morgan fingerprint density at radius 2 is 2.10 bits per heavy atom. The molecule has 0 saturated heterocycles. The Labute approximate surface area is 117 Å². The first-order chi connectivity index (χ1) is 9.81. The van der Waals surface area contributed by atoms with E-state index in [1.165, 1.54) is 22.2 Å². The lowest BCUT2D eigenvalue weighted by Crippen LogP contribution is -2.20. The lowest BCUT2D eigenvalue weighted by molar-refractivity contribution is 0.503. The van der Waals surface area contributed by atoms with Crippen LogP contribution in [0.4, 0.5) is 0 Å². The molecule has 4 aromatic rings. The molecule has 0 amide bonds. The summed E-state index contributed by atoms with van der Waals surface area (Å²) in [6.07, 6.45) is 1.53. The molecule has 98 valence electrons. The highest BCUT2D eigenvalue weighted by atomic mass is 32.1. The van der Waals surface area contributed by atoms with Crippen LogP contribution in [-0.4, -0.2) is 14.5 Å². The first-order valence-electron chi connectivity index (χ1n) is 6.08. The van der Waals surface area contributed by atoms with Crippen LogP contribution in [0.3, 0.4) is 0 Å². The number of rotatable bonds is 2. The summed E-state index contributed by atoms with van der Waals surface area (Å²) in [6, 6.07) is 9.37. The molecule has 0 atom stereocenters. The third-order valence-corrected chi connectivity index (χ3v) is 3.97. The van der Waals surface area contributed by atoms with Gasteiger partial charge in [-0.1, -0.05) is 12.1 Å². The summed E-state index contributed by atoms with van der Waals surface area (Å²) >= 11 is 1.40. The number of aromatic nitrogens is 3. The molecule has 0 N–H and O–H groups in total. The normalized spacial score (nSPS) is 11.4. The second-order valence-corrected chi connectivity index (χ2v) is 5.30. The molecule has 0 aliphatic rings. The summed E-state index contributed by atoms with van der Waals surface area (Å²) in [5, 5.41) is 1.86.